The number of phenols is 4. The summed E-state index contributed by atoms with van der Waals surface area (Å²) in [6.07, 6.45) is 3.06. The molecule has 0 bridgehead atoms. The first-order valence-electron chi connectivity index (χ1n) is 20.5. The zero-order chi connectivity index (χ0) is 45.2. The Hall–Kier alpha value is -5.50. The second-order valence-electron chi connectivity index (χ2n) is 20.1. The Bertz CT molecular complexity index is 1950. The molecule has 0 aromatic heterocycles. The first kappa shape index (κ1) is 47.2. The van der Waals surface area contributed by atoms with Crippen LogP contribution in [0.3, 0.4) is 0 Å². The Balaban J connectivity index is 1.65. The molecule has 0 aliphatic heterocycles. The van der Waals surface area contributed by atoms with Crippen molar-refractivity contribution in [1.29, 1.82) is 0 Å². The molecule has 0 saturated heterocycles. The van der Waals surface area contributed by atoms with E-state index in [0.717, 1.165) is 0 Å². The summed E-state index contributed by atoms with van der Waals surface area (Å²) in [5.41, 5.74) is 1.72. The number of ether oxygens (including phenoxy) is 2. The number of benzene rings is 4. The smallest absolute Gasteiger partial charge is 0.307 e. The Morgan fingerprint density at radius 3 is 0.850 bits per heavy atom. The van der Waals surface area contributed by atoms with Crippen molar-refractivity contribution in [2.24, 2.45) is 0 Å². The molecule has 8 heteroatoms. The van der Waals surface area contributed by atoms with Crippen molar-refractivity contribution >= 4 is 11.9 Å². The Morgan fingerprint density at radius 1 is 0.450 bits per heavy atom. The molecule has 60 heavy (non-hydrogen) atoms. The van der Waals surface area contributed by atoms with E-state index in [9.17, 15) is 30.0 Å². The fourth-order valence-electron chi connectivity index (χ4n) is 7.88. The normalized spacial score (nSPS) is 12.8. The molecule has 4 aromatic rings. The zero-order valence-corrected chi connectivity index (χ0v) is 37.7. The quantitative estimate of drug-likeness (QED) is 0.0595. The van der Waals surface area contributed by atoms with E-state index in [0.29, 0.717) is 44.5 Å². The van der Waals surface area contributed by atoms with Crippen LogP contribution in [0.2, 0.25) is 0 Å². The number of carbonyl (C=O) groups excluding carboxylic acids is 2. The molecule has 0 aliphatic carbocycles. The van der Waals surface area contributed by atoms with Gasteiger partial charge in [0.2, 0.25) is 0 Å². The summed E-state index contributed by atoms with van der Waals surface area (Å²) < 4.78 is 11.5. The van der Waals surface area contributed by atoms with Crippen LogP contribution < -0.4 is 0 Å². The maximum Gasteiger partial charge on any atom is 0.307 e. The summed E-state index contributed by atoms with van der Waals surface area (Å²) in [5.74, 6) is -0.601. The lowest BCUT2D eigenvalue weighted by atomic mass is 9.69. The number of esters is 2. The van der Waals surface area contributed by atoms with E-state index < -0.39 is 44.4 Å². The third-order valence-electron chi connectivity index (χ3n) is 11.4. The first-order valence-corrected chi connectivity index (χ1v) is 20.5. The van der Waals surface area contributed by atoms with Crippen LogP contribution in [-0.4, -0.2) is 45.6 Å². The lowest BCUT2D eigenvalue weighted by molar-refractivity contribution is -0.153. The average molecular weight is 819 g/mol. The lowest BCUT2D eigenvalue weighted by Gasteiger charge is -2.34. The van der Waals surface area contributed by atoms with Crippen molar-refractivity contribution in [1.82, 2.24) is 0 Å². The highest BCUT2D eigenvalue weighted by Gasteiger charge is 2.39. The summed E-state index contributed by atoms with van der Waals surface area (Å²) in [4.78, 5) is 27.7. The van der Waals surface area contributed by atoms with Crippen molar-refractivity contribution < 1.29 is 39.5 Å². The van der Waals surface area contributed by atoms with Gasteiger partial charge in [0.1, 0.15) is 36.2 Å². The average Bonchev–Trinajstić information content (AvgIpc) is 3.13. The van der Waals surface area contributed by atoms with Crippen molar-refractivity contribution in [2.75, 3.05) is 13.2 Å². The number of hydrogen-bond donors (Lipinski definition) is 4. The van der Waals surface area contributed by atoms with Crippen LogP contribution in [0.25, 0.3) is 0 Å². The van der Waals surface area contributed by atoms with Gasteiger partial charge in [0.25, 0.3) is 0 Å². The summed E-state index contributed by atoms with van der Waals surface area (Å²) >= 11 is 0. The number of hydrogen-bond acceptors (Lipinski definition) is 8. The summed E-state index contributed by atoms with van der Waals surface area (Å²) in [7, 11) is 0. The Labute approximate surface area is 357 Å². The molecule has 0 unspecified atom stereocenters. The van der Waals surface area contributed by atoms with Crippen molar-refractivity contribution in [3.8, 4) is 23.0 Å². The van der Waals surface area contributed by atoms with Gasteiger partial charge in [0.05, 0.1) is 12.8 Å². The molecule has 0 spiro atoms. The highest BCUT2D eigenvalue weighted by atomic mass is 16.6. The SMILES string of the molecule is C=CC(CC(=O)OCCOC(=O)CC(C=C)(c1ccc(O)c(C(C)(C)C)c1)c1ccc(O)c(C(C)(C)C)c1)(c1ccc(O)c(C(C)(C)C)c1)c1ccc(O)c(C(C)(C)C)c1. The summed E-state index contributed by atoms with van der Waals surface area (Å²) in [5, 5.41) is 43.4. The van der Waals surface area contributed by atoms with Gasteiger partial charge in [0.15, 0.2) is 0 Å². The monoisotopic (exact) mass is 818 g/mol. The highest BCUT2D eigenvalue weighted by molar-refractivity contribution is 5.75. The number of phenolic OH excluding ortho intramolecular Hbond substituents is 4. The third kappa shape index (κ3) is 10.1. The maximum absolute atomic E-state index is 13.9. The van der Waals surface area contributed by atoms with Crippen LogP contribution in [-0.2, 0) is 51.6 Å². The Kier molecular flexibility index (Phi) is 13.6. The summed E-state index contributed by atoms with van der Waals surface area (Å²) in [6, 6.07) is 21.1. The van der Waals surface area contributed by atoms with Crippen molar-refractivity contribution in [2.45, 2.75) is 128 Å². The molecule has 0 aliphatic rings. The largest absolute Gasteiger partial charge is 0.508 e. The fraction of sp³-hybridized carbons (Fsp3) is 0.423. The van der Waals surface area contributed by atoms with Crippen LogP contribution >= 0.6 is 0 Å². The van der Waals surface area contributed by atoms with E-state index in [-0.39, 0.29) is 49.1 Å². The third-order valence-corrected chi connectivity index (χ3v) is 11.4. The molecule has 0 heterocycles. The van der Waals surface area contributed by atoms with Crippen molar-refractivity contribution in [3.63, 3.8) is 0 Å². The number of carbonyl (C=O) groups is 2. The van der Waals surface area contributed by atoms with E-state index in [1.165, 1.54) is 0 Å². The van der Waals surface area contributed by atoms with Gasteiger partial charge >= 0.3 is 11.9 Å². The zero-order valence-electron chi connectivity index (χ0n) is 37.7. The van der Waals surface area contributed by atoms with Gasteiger partial charge in [-0.2, -0.15) is 0 Å². The molecule has 0 amide bonds. The van der Waals surface area contributed by atoms with Crippen LogP contribution in [0.1, 0.15) is 140 Å². The molecular weight excluding hydrogens is 753 g/mol. The van der Waals surface area contributed by atoms with Gasteiger partial charge in [-0.3, -0.25) is 9.59 Å². The number of allylic oxidation sites excluding steroid dienone is 2. The fourth-order valence-corrected chi connectivity index (χ4v) is 7.88. The second-order valence-corrected chi connectivity index (χ2v) is 20.1. The molecule has 8 nitrogen and oxygen atoms in total. The molecule has 0 radical (unpaired) electrons. The van der Waals surface area contributed by atoms with Crippen LogP contribution in [0.5, 0.6) is 23.0 Å². The molecular formula is C52H66O8. The molecule has 0 atom stereocenters. The molecule has 4 rings (SSSR count). The predicted molar refractivity (Wildman–Crippen MR) is 240 cm³/mol. The number of rotatable bonds is 13. The van der Waals surface area contributed by atoms with Gasteiger partial charge in [-0.1, -0.05) is 144 Å². The molecule has 322 valence electrons. The van der Waals surface area contributed by atoms with Gasteiger partial charge < -0.3 is 29.9 Å². The summed E-state index contributed by atoms with van der Waals surface area (Å²) in [6.45, 7) is 31.9. The molecule has 4 aromatic carbocycles. The van der Waals surface area contributed by atoms with E-state index in [2.05, 4.69) is 13.2 Å². The standard InChI is InChI=1S/C52H66O8/c1-15-51(33-17-21-41(53)37(27-33)47(3,4)5,34-18-22-42(54)38(28-34)48(6,7)8)31-45(57)59-25-26-60-46(58)32-52(16-2,35-19-23-43(55)39(29-35)49(9,10)11)36-20-24-44(56)40(30-36)50(12,13)14/h15-24,27-30,53-56H,1-2,25-26,31-32H2,3-14H3. The van der Waals surface area contributed by atoms with Crippen LogP contribution in [0.15, 0.2) is 98.1 Å². The maximum atomic E-state index is 13.9. The van der Waals surface area contributed by atoms with E-state index >= 15 is 0 Å². The van der Waals surface area contributed by atoms with E-state index in [1.807, 2.05) is 107 Å². The molecule has 0 fully saturated rings. The highest BCUT2D eigenvalue weighted by Crippen LogP contribution is 2.46. The van der Waals surface area contributed by atoms with Gasteiger partial charge in [-0.25, -0.2) is 0 Å². The van der Waals surface area contributed by atoms with Gasteiger partial charge in [-0.15, -0.1) is 13.2 Å². The first-order chi connectivity index (χ1) is 27.6. The minimum atomic E-state index is -1.12. The number of aromatic hydroxyl groups is 4. The minimum absolute atomic E-state index is 0.135. The topological polar surface area (TPSA) is 134 Å². The van der Waals surface area contributed by atoms with Crippen molar-refractivity contribution in [3.05, 3.63) is 143 Å². The van der Waals surface area contributed by atoms with Gasteiger partial charge in [0, 0.05) is 10.8 Å². The van der Waals surface area contributed by atoms with Crippen LogP contribution in [0, 0.1) is 0 Å². The van der Waals surface area contributed by atoms with Crippen LogP contribution in [0.4, 0.5) is 0 Å². The van der Waals surface area contributed by atoms with E-state index in [1.54, 1.807) is 60.7 Å². The Morgan fingerprint density at radius 2 is 0.667 bits per heavy atom. The molecule has 0 saturated carbocycles. The minimum Gasteiger partial charge on any atom is -0.508 e. The second kappa shape index (κ2) is 17.2. The lowest BCUT2D eigenvalue weighted by Crippen LogP contribution is -2.32. The van der Waals surface area contributed by atoms with E-state index in [4.69, 9.17) is 9.47 Å². The predicted octanol–water partition coefficient (Wildman–Crippen LogP) is 11.2. The van der Waals surface area contributed by atoms with Gasteiger partial charge in [-0.05, 0) is 90.4 Å². The molecule has 4 N–H and O–H groups in total.